The lowest BCUT2D eigenvalue weighted by Crippen LogP contribution is -2.65. The normalized spacial score (nSPS) is 22.5. The largest absolute Gasteiger partial charge is 0.493 e. The number of nitrogens with one attached hydrogen (secondary N) is 1. The lowest BCUT2D eigenvalue weighted by atomic mass is 9.85. The van der Waals surface area contributed by atoms with Crippen molar-refractivity contribution in [2.45, 2.75) is 63.6 Å². The number of para-hydroxylation sites is 1. The maximum Gasteiger partial charge on any atom is 0.246 e. The maximum absolute atomic E-state index is 14.0. The second-order valence-electron chi connectivity index (χ2n) is 10.1. The highest BCUT2D eigenvalue weighted by atomic mass is 16.5. The summed E-state index contributed by atoms with van der Waals surface area (Å²) in [5.41, 5.74) is 4.02. The Balaban J connectivity index is 1.48. The van der Waals surface area contributed by atoms with E-state index < -0.39 is 12.1 Å². The number of ether oxygens (including phenoxy) is 2. The molecule has 1 saturated carbocycles. The van der Waals surface area contributed by atoms with Gasteiger partial charge in [-0.1, -0.05) is 43.5 Å². The van der Waals surface area contributed by atoms with Crippen LogP contribution in [0.25, 0.3) is 10.9 Å². The fourth-order valence-corrected chi connectivity index (χ4v) is 6.46. The van der Waals surface area contributed by atoms with Crippen LogP contribution in [0.4, 0.5) is 0 Å². The summed E-state index contributed by atoms with van der Waals surface area (Å²) >= 11 is 0. The minimum Gasteiger partial charge on any atom is -0.493 e. The number of H-pyrrole nitrogens is 1. The zero-order valence-electron chi connectivity index (χ0n) is 21.0. The van der Waals surface area contributed by atoms with Gasteiger partial charge < -0.3 is 24.3 Å². The van der Waals surface area contributed by atoms with Crippen LogP contribution in [0.15, 0.2) is 42.5 Å². The Hall–Kier alpha value is -3.48. The Kier molecular flexibility index (Phi) is 5.86. The average molecular weight is 488 g/mol. The molecule has 0 spiro atoms. The van der Waals surface area contributed by atoms with Crippen molar-refractivity contribution in [2.24, 2.45) is 0 Å². The molecule has 1 aliphatic carbocycles. The number of carbonyl (C=O) groups is 2. The summed E-state index contributed by atoms with van der Waals surface area (Å²) in [5.74, 6) is 1.37. The third-order valence-electron chi connectivity index (χ3n) is 8.11. The number of fused-ring (bicyclic) bond motifs is 4. The lowest BCUT2D eigenvalue weighted by molar-refractivity contribution is -0.161. The molecule has 2 unspecified atom stereocenters. The molecular formula is C29H33N3O4. The van der Waals surface area contributed by atoms with Crippen molar-refractivity contribution in [1.82, 2.24) is 14.8 Å². The molecule has 1 aromatic heterocycles. The molecular weight excluding hydrogens is 454 g/mol. The van der Waals surface area contributed by atoms with Crippen molar-refractivity contribution < 1.29 is 19.1 Å². The van der Waals surface area contributed by atoms with Crippen LogP contribution in [-0.4, -0.2) is 58.9 Å². The second-order valence-corrected chi connectivity index (χ2v) is 10.1. The summed E-state index contributed by atoms with van der Waals surface area (Å²) in [5, 5.41) is 1.12. The zero-order chi connectivity index (χ0) is 24.8. The Morgan fingerprint density at radius 2 is 1.83 bits per heavy atom. The summed E-state index contributed by atoms with van der Waals surface area (Å²) in [6, 6.07) is 13.3. The Bertz CT molecular complexity index is 1310. The van der Waals surface area contributed by atoms with Gasteiger partial charge >= 0.3 is 0 Å². The van der Waals surface area contributed by atoms with Crippen LogP contribution in [0.5, 0.6) is 11.5 Å². The lowest BCUT2D eigenvalue weighted by Gasteiger charge is -2.49. The molecule has 1 saturated heterocycles. The molecule has 3 aromatic rings. The minimum absolute atomic E-state index is 0.00679. The van der Waals surface area contributed by atoms with Gasteiger partial charge in [0.1, 0.15) is 12.6 Å². The first-order valence-corrected chi connectivity index (χ1v) is 13.1. The van der Waals surface area contributed by atoms with E-state index in [0.29, 0.717) is 24.5 Å². The SMILES string of the molecule is CCOc1ccc(C2c3[nH]c4ccccc4c3CC3C(=O)N(C4CCCCC4)CC(=O)N32)cc1OC. The monoisotopic (exact) mass is 487 g/mol. The quantitative estimate of drug-likeness (QED) is 0.571. The fraction of sp³-hybridized carbons (Fsp3) is 0.448. The third kappa shape index (κ3) is 3.64. The van der Waals surface area contributed by atoms with Crippen molar-refractivity contribution in [3.63, 3.8) is 0 Å². The Morgan fingerprint density at radius 1 is 1.03 bits per heavy atom. The maximum atomic E-state index is 14.0. The Morgan fingerprint density at radius 3 is 2.61 bits per heavy atom. The van der Waals surface area contributed by atoms with Gasteiger partial charge in [0, 0.05) is 29.1 Å². The van der Waals surface area contributed by atoms with Crippen molar-refractivity contribution in [1.29, 1.82) is 0 Å². The molecule has 1 N–H and O–H groups in total. The van der Waals surface area contributed by atoms with Gasteiger partial charge in [-0.25, -0.2) is 0 Å². The van der Waals surface area contributed by atoms with Crippen LogP contribution in [0.2, 0.25) is 0 Å². The van der Waals surface area contributed by atoms with Gasteiger partial charge in [0.25, 0.3) is 0 Å². The smallest absolute Gasteiger partial charge is 0.246 e. The number of aromatic amines is 1. The number of hydrogen-bond acceptors (Lipinski definition) is 4. The number of methoxy groups -OCH3 is 1. The first-order valence-electron chi connectivity index (χ1n) is 13.1. The molecule has 36 heavy (non-hydrogen) atoms. The number of amides is 2. The molecule has 7 heteroatoms. The molecule has 0 radical (unpaired) electrons. The number of carbonyl (C=O) groups excluding carboxylic acids is 2. The summed E-state index contributed by atoms with van der Waals surface area (Å²) < 4.78 is 11.4. The van der Waals surface area contributed by atoms with E-state index in [1.54, 1.807) is 7.11 Å². The van der Waals surface area contributed by atoms with E-state index in [-0.39, 0.29) is 24.4 Å². The molecule has 2 atom stereocenters. The molecule has 6 rings (SSSR count). The predicted octanol–water partition coefficient (Wildman–Crippen LogP) is 4.59. The summed E-state index contributed by atoms with van der Waals surface area (Å²) in [6.07, 6.45) is 5.96. The first kappa shape index (κ1) is 23.0. The number of hydrogen-bond donors (Lipinski definition) is 1. The predicted molar refractivity (Wildman–Crippen MR) is 137 cm³/mol. The number of nitrogens with zero attached hydrogens (tertiary/aromatic N) is 2. The summed E-state index contributed by atoms with van der Waals surface area (Å²) in [7, 11) is 1.62. The third-order valence-corrected chi connectivity index (χ3v) is 8.11. The van der Waals surface area contributed by atoms with Crippen molar-refractivity contribution in [3.8, 4) is 11.5 Å². The molecule has 2 aliphatic heterocycles. The van der Waals surface area contributed by atoms with Crippen LogP contribution in [-0.2, 0) is 16.0 Å². The molecule has 3 heterocycles. The summed E-state index contributed by atoms with van der Waals surface area (Å²) in [6.45, 7) is 2.62. The van der Waals surface area contributed by atoms with E-state index in [4.69, 9.17) is 9.47 Å². The standard InChI is InChI=1S/C29H33N3O4/c1-3-36-24-14-13-18(15-25(24)35-2)28-27-21(20-11-7-8-12-22(20)30-27)16-23-29(34)31(17-26(33)32(23)28)19-9-5-4-6-10-19/h7-8,11-15,19,23,28,30H,3-6,9-10,16-17H2,1-2H3. The number of rotatable bonds is 5. The van der Waals surface area contributed by atoms with Crippen LogP contribution in [0.1, 0.15) is 61.9 Å². The van der Waals surface area contributed by atoms with Crippen molar-refractivity contribution in [2.75, 3.05) is 20.3 Å². The number of benzene rings is 2. The molecule has 3 aliphatic rings. The first-order chi connectivity index (χ1) is 17.6. The second kappa shape index (κ2) is 9.19. The van der Waals surface area contributed by atoms with Gasteiger partial charge in [0.15, 0.2) is 11.5 Å². The van der Waals surface area contributed by atoms with Crippen molar-refractivity contribution in [3.05, 3.63) is 59.3 Å². The minimum atomic E-state index is -0.512. The van der Waals surface area contributed by atoms with Crippen LogP contribution < -0.4 is 9.47 Å². The van der Waals surface area contributed by atoms with Gasteiger partial charge in [-0.15, -0.1) is 0 Å². The van der Waals surface area contributed by atoms with E-state index in [9.17, 15) is 9.59 Å². The molecule has 188 valence electrons. The number of aromatic nitrogens is 1. The highest BCUT2D eigenvalue weighted by Crippen LogP contribution is 2.44. The van der Waals surface area contributed by atoms with Gasteiger partial charge in [0.05, 0.1) is 19.8 Å². The highest BCUT2D eigenvalue weighted by molar-refractivity contribution is 5.98. The van der Waals surface area contributed by atoms with E-state index in [2.05, 4.69) is 17.1 Å². The molecule has 2 fully saturated rings. The number of piperazine rings is 1. The van der Waals surface area contributed by atoms with E-state index in [1.807, 2.05) is 47.1 Å². The molecule has 2 aromatic carbocycles. The molecule has 0 bridgehead atoms. The van der Waals surface area contributed by atoms with E-state index in [1.165, 1.54) is 6.42 Å². The van der Waals surface area contributed by atoms with Gasteiger partial charge in [-0.3, -0.25) is 9.59 Å². The van der Waals surface area contributed by atoms with Crippen LogP contribution >= 0.6 is 0 Å². The zero-order valence-corrected chi connectivity index (χ0v) is 21.0. The highest BCUT2D eigenvalue weighted by Gasteiger charge is 2.49. The topological polar surface area (TPSA) is 74.9 Å². The van der Waals surface area contributed by atoms with Crippen LogP contribution in [0, 0.1) is 0 Å². The van der Waals surface area contributed by atoms with E-state index >= 15 is 0 Å². The average Bonchev–Trinajstić information content (AvgIpc) is 3.29. The van der Waals surface area contributed by atoms with E-state index in [0.717, 1.165) is 53.4 Å². The van der Waals surface area contributed by atoms with Gasteiger partial charge in [-0.2, -0.15) is 0 Å². The molecule has 2 amide bonds. The van der Waals surface area contributed by atoms with Gasteiger partial charge in [0.2, 0.25) is 11.8 Å². The van der Waals surface area contributed by atoms with Crippen LogP contribution in [0.3, 0.4) is 0 Å². The fourth-order valence-electron chi connectivity index (χ4n) is 6.46. The van der Waals surface area contributed by atoms with Gasteiger partial charge in [-0.05, 0) is 49.1 Å². The van der Waals surface area contributed by atoms with Crippen molar-refractivity contribution >= 4 is 22.7 Å². The summed E-state index contributed by atoms with van der Waals surface area (Å²) in [4.78, 5) is 35.1. The molecule has 7 nitrogen and oxygen atoms in total. The Labute approximate surface area is 211 Å².